The van der Waals surface area contributed by atoms with Gasteiger partial charge in [0.25, 0.3) is 11.8 Å². The first kappa shape index (κ1) is 11.7. The highest BCUT2D eigenvalue weighted by molar-refractivity contribution is 6.21. The van der Waals surface area contributed by atoms with Crippen LogP contribution in [-0.4, -0.2) is 40.8 Å². The SMILES string of the molecule is CC(C)NCCN1C(=O)c2ccncc2C1=O. The van der Waals surface area contributed by atoms with E-state index in [1.165, 1.54) is 17.3 Å². The summed E-state index contributed by atoms with van der Waals surface area (Å²) < 4.78 is 0. The Morgan fingerprint density at radius 2 is 2.00 bits per heavy atom. The zero-order valence-corrected chi connectivity index (χ0v) is 9.93. The number of aromatic nitrogens is 1. The van der Waals surface area contributed by atoms with Crippen LogP contribution in [0.2, 0.25) is 0 Å². The van der Waals surface area contributed by atoms with Crippen LogP contribution in [0.4, 0.5) is 0 Å². The van der Waals surface area contributed by atoms with E-state index in [9.17, 15) is 9.59 Å². The Morgan fingerprint density at radius 1 is 1.29 bits per heavy atom. The van der Waals surface area contributed by atoms with E-state index >= 15 is 0 Å². The monoisotopic (exact) mass is 233 g/mol. The third-order valence-electron chi connectivity index (χ3n) is 2.66. The van der Waals surface area contributed by atoms with Crippen molar-refractivity contribution in [1.82, 2.24) is 15.2 Å². The number of fused-ring (bicyclic) bond motifs is 1. The first-order valence-electron chi connectivity index (χ1n) is 5.65. The van der Waals surface area contributed by atoms with Gasteiger partial charge in [-0.3, -0.25) is 19.5 Å². The highest BCUT2D eigenvalue weighted by atomic mass is 16.2. The van der Waals surface area contributed by atoms with Crippen LogP contribution < -0.4 is 5.32 Å². The van der Waals surface area contributed by atoms with E-state index in [0.717, 1.165) is 0 Å². The molecule has 1 aliphatic heterocycles. The van der Waals surface area contributed by atoms with Crippen LogP contribution >= 0.6 is 0 Å². The number of hydrogen-bond acceptors (Lipinski definition) is 4. The average molecular weight is 233 g/mol. The van der Waals surface area contributed by atoms with Crippen LogP contribution in [0.5, 0.6) is 0 Å². The number of imide groups is 1. The topological polar surface area (TPSA) is 62.3 Å². The number of pyridine rings is 1. The number of nitrogens with one attached hydrogen (secondary N) is 1. The molecule has 0 aromatic carbocycles. The third-order valence-corrected chi connectivity index (χ3v) is 2.66. The highest BCUT2D eigenvalue weighted by Crippen LogP contribution is 2.20. The predicted molar refractivity (Wildman–Crippen MR) is 62.7 cm³/mol. The summed E-state index contributed by atoms with van der Waals surface area (Å²) in [4.78, 5) is 29.0. The van der Waals surface area contributed by atoms with Gasteiger partial charge >= 0.3 is 0 Å². The molecule has 0 atom stereocenters. The average Bonchev–Trinajstić information content (AvgIpc) is 2.54. The lowest BCUT2D eigenvalue weighted by atomic mass is 10.2. The van der Waals surface area contributed by atoms with Gasteiger partial charge in [0, 0.05) is 31.5 Å². The molecule has 1 aromatic rings. The standard InChI is InChI=1S/C12H15N3O2/c1-8(2)14-5-6-15-11(16)9-3-4-13-7-10(9)12(15)17/h3-4,7-8,14H,5-6H2,1-2H3. The highest BCUT2D eigenvalue weighted by Gasteiger charge is 2.34. The van der Waals surface area contributed by atoms with Crippen molar-refractivity contribution in [1.29, 1.82) is 0 Å². The molecule has 1 N–H and O–H groups in total. The van der Waals surface area contributed by atoms with Crippen molar-refractivity contribution in [3.05, 3.63) is 29.6 Å². The molecule has 17 heavy (non-hydrogen) atoms. The van der Waals surface area contributed by atoms with Crippen LogP contribution in [0.3, 0.4) is 0 Å². The fraction of sp³-hybridized carbons (Fsp3) is 0.417. The van der Waals surface area contributed by atoms with E-state index in [-0.39, 0.29) is 11.8 Å². The van der Waals surface area contributed by atoms with Gasteiger partial charge in [0.15, 0.2) is 0 Å². The van der Waals surface area contributed by atoms with Gasteiger partial charge in [0.1, 0.15) is 0 Å². The minimum absolute atomic E-state index is 0.224. The van der Waals surface area contributed by atoms with Crippen LogP contribution in [-0.2, 0) is 0 Å². The summed E-state index contributed by atoms with van der Waals surface area (Å²) in [5.41, 5.74) is 0.858. The number of nitrogens with zero attached hydrogens (tertiary/aromatic N) is 2. The summed E-state index contributed by atoms with van der Waals surface area (Å²) in [6.07, 6.45) is 2.98. The molecule has 2 rings (SSSR count). The first-order valence-corrected chi connectivity index (χ1v) is 5.65. The molecule has 0 spiro atoms. The summed E-state index contributed by atoms with van der Waals surface area (Å²) in [5.74, 6) is -0.471. The van der Waals surface area contributed by atoms with Gasteiger partial charge in [-0.1, -0.05) is 13.8 Å². The lowest BCUT2D eigenvalue weighted by Crippen LogP contribution is -2.38. The zero-order chi connectivity index (χ0) is 12.4. The molecule has 0 bridgehead atoms. The zero-order valence-electron chi connectivity index (χ0n) is 9.93. The van der Waals surface area contributed by atoms with Crippen molar-refractivity contribution < 1.29 is 9.59 Å². The van der Waals surface area contributed by atoms with Crippen molar-refractivity contribution >= 4 is 11.8 Å². The molecule has 0 saturated heterocycles. The maximum atomic E-state index is 11.9. The number of hydrogen-bond donors (Lipinski definition) is 1. The second kappa shape index (κ2) is 4.63. The lowest BCUT2D eigenvalue weighted by molar-refractivity contribution is 0.0654. The molecule has 0 fully saturated rings. The number of amides is 2. The largest absolute Gasteiger partial charge is 0.313 e. The van der Waals surface area contributed by atoms with E-state index in [1.807, 2.05) is 13.8 Å². The molecule has 1 aromatic heterocycles. The van der Waals surface area contributed by atoms with Crippen LogP contribution in [0.15, 0.2) is 18.5 Å². The molecule has 90 valence electrons. The second-order valence-corrected chi connectivity index (χ2v) is 4.29. The predicted octanol–water partition coefficient (Wildman–Crippen LogP) is 0.676. The first-order chi connectivity index (χ1) is 8.11. The lowest BCUT2D eigenvalue weighted by Gasteiger charge is -2.15. The molecule has 0 radical (unpaired) electrons. The van der Waals surface area contributed by atoms with E-state index in [1.54, 1.807) is 6.07 Å². The Bertz CT molecular complexity index is 422. The summed E-state index contributed by atoms with van der Waals surface area (Å²) in [6, 6.07) is 1.93. The van der Waals surface area contributed by atoms with E-state index in [2.05, 4.69) is 10.3 Å². The molecule has 0 unspecified atom stereocenters. The van der Waals surface area contributed by atoms with Gasteiger partial charge in [-0.25, -0.2) is 0 Å². The fourth-order valence-electron chi connectivity index (χ4n) is 1.80. The molecule has 1 aliphatic rings. The smallest absolute Gasteiger partial charge is 0.263 e. The molecule has 5 heteroatoms. The number of carbonyl (C=O) groups excluding carboxylic acids is 2. The Morgan fingerprint density at radius 3 is 2.65 bits per heavy atom. The Labute approximate surface area is 99.8 Å². The fourth-order valence-corrected chi connectivity index (χ4v) is 1.80. The van der Waals surface area contributed by atoms with Crippen molar-refractivity contribution in [3.8, 4) is 0 Å². The summed E-state index contributed by atoms with van der Waals surface area (Å²) >= 11 is 0. The summed E-state index contributed by atoms with van der Waals surface area (Å²) in [6.45, 7) is 5.04. The molecular formula is C12H15N3O2. The molecular weight excluding hydrogens is 218 g/mol. The molecule has 5 nitrogen and oxygen atoms in total. The van der Waals surface area contributed by atoms with Crippen LogP contribution in [0.25, 0.3) is 0 Å². The minimum atomic E-state index is -0.247. The quantitative estimate of drug-likeness (QED) is 0.777. The Kier molecular flexibility index (Phi) is 3.19. The molecule has 0 saturated carbocycles. The second-order valence-electron chi connectivity index (χ2n) is 4.29. The van der Waals surface area contributed by atoms with Gasteiger partial charge in [0.05, 0.1) is 11.1 Å². The van der Waals surface area contributed by atoms with Gasteiger partial charge in [-0.2, -0.15) is 0 Å². The maximum Gasteiger partial charge on any atom is 0.263 e. The van der Waals surface area contributed by atoms with Crippen LogP contribution in [0.1, 0.15) is 34.6 Å². The normalized spacial score (nSPS) is 14.6. The van der Waals surface area contributed by atoms with Gasteiger partial charge in [-0.05, 0) is 6.07 Å². The van der Waals surface area contributed by atoms with Gasteiger partial charge < -0.3 is 5.32 Å². The minimum Gasteiger partial charge on any atom is -0.313 e. The van der Waals surface area contributed by atoms with E-state index in [4.69, 9.17) is 0 Å². The van der Waals surface area contributed by atoms with E-state index in [0.29, 0.717) is 30.3 Å². The molecule has 2 heterocycles. The number of carbonyl (C=O) groups is 2. The molecule has 2 amide bonds. The third kappa shape index (κ3) is 2.19. The summed E-state index contributed by atoms with van der Waals surface area (Å²) in [7, 11) is 0. The van der Waals surface area contributed by atoms with Gasteiger partial charge in [-0.15, -0.1) is 0 Å². The summed E-state index contributed by atoms with van der Waals surface area (Å²) in [5, 5.41) is 3.18. The van der Waals surface area contributed by atoms with Crippen molar-refractivity contribution in [2.75, 3.05) is 13.1 Å². The van der Waals surface area contributed by atoms with Crippen LogP contribution in [0, 0.1) is 0 Å². The molecule has 0 aliphatic carbocycles. The van der Waals surface area contributed by atoms with Crippen molar-refractivity contribution in [3.63, 3.8) is 0 Å². The van der Waals surface area contributed by atoms with E-state index < -0.39 is 0 Å². The Balaban J connectivity index is 2.08. The number of rotatable bonds is 4. The maximum absolute atomic E-state index is 11.9. The Hall–Kier alpha value is -1.75. The van der Waals surface area contributed by atoms with Crippen molar-refractivity contribution in [2.24, 2.45) is 0 Å². The van der Waals surface area contributed by atoms with Crippen molar-refractivity contribution in [2.45, 2.75) is 19.9 Å². The van der Waals surface area contributed by atoms with Gasteiger partial charge in [0.2, 0.25) is 0 Å².